The van der Waals surface area contributed by atoms with Crippen LogP contribution in [0.1, 0.15) is 43.8 Å². The summed E-state index contributed by atoms with van der Waals surface area (Å²) in [4.78, 5) is 0. The molecule has 1 aliphatic rings. The number of aliphatic hydroxyl groups excluding tert-OH is 1. The van der Waals surface area contributed by atoms with Gasteiger partial charge in [-0.15, -0.1) is 0 Å². The number of rotatable bonds is 4. The maximum atomic E-state index is 9.46. The van der Waals surface area contributed by atoms with Crippen molar-refractivity contribution in [2.24, 2.45) is 5.73 Å². The zero-order valence-electron chi connectivity index (χ0n) is 9.68. The summed E-state index contributed by atoms with van der Waals surface area (Å²) in [7, 11) is 0. The minimum atomic E-state index is -0.463. The standard InChI is InChI=1S/C12H21N3O/c13-9-12(16)8-10-6-7-15(14-10)11-4-2-1-3-5-11/h6-7,11-12,16H,1-5,8-9,13H2. The third kappa shape index (κ3) is 2.83. The molecule has 2 rings (SSSR count). The van der Waals surface area contributed by atoms with Gasteiger partial charge in [-0.1, -0.05) is 19.3 Å². The second kappa shape index (κ2) is 5.46. The van der Waals surface area contributed by atoms with E-state index in [2.05, 4.69) is 9.78 Å². The molecule has 1 saturated carbocycles. The van der Waals surface area contributed by atoms with Gasteiger partial charge < -0.3 is 10.8 Å². The van der Waals surface area contributed by atoms with Gasteiger partial charge in [0.05, 0.1) is 17.8 Å². The molecule has 1 fully saturated rings. The Labute approximate surface area is 96.5 Å². The summed E-state index contributed by atoms with van der Waals surface area (Å²) in [6, 6.07) is 2.56. The zero-order valence-corrected chi connectivity index (χ0v) is 9.68. The van der Waals surface area contributed by atoms with Gasteiger partial charge in [0.15, 0.2) is 0 Å². The maximum absolute atomic E-state index is 9.46. The van der Waals surface area contributed by atoms with Crippen LogP contribution in [0.4, 0.5) is 0 Å². The average molecular weight is 223 g/mol. The molecular weight excluding hydrogens is 202 g/mol. The Bertz CT molecular complexity index is 318. The molecule has 1 aromatic rings. The molecule has 0 spiro atoms. The minimum absolute atomic E-state index is 0.302. The predicted molar refractivity (Wildman–Crippen MR) is 63.1 cm³/mol. The van der Waals surface area contributed by atoms with Crippen molar-refractivity contribution < 1.29 is 5.11 Å². The van der Waals surface area contributed by atoms with Crippen LogP contribution >= 0.6 is 0 Å². The lowest BCUT2D eigenvalue weighted by molar-refractivity contribution is 0.181. The summed E-state index contributed by atoms with van der Waals surface area (Å²) < 4.78 is 2.07. The highest BCUT2D eigenvalue weighted by atomic mass is 16.3. The zero-order chi connectivity index (χ0) is 11.4. The SMILES string of the molecule is NCC(O)Cc1ccn(C2CCCCC2)n1. The summed E-state index contributed by atoms with van der Waals surface area (Å²) >= 11 is 0. The van der Waals surface area contributed by atoms with Gasteiger partial charge >= 0.3 is 0 Å². The normalized spacial score (nSPS) is 19.9. The Balaban J connectivity index is 1.95. The van der Waals surface area contributed by atoms with Gasteiger partial charge in [0.2, 0.25) is 0 Å². The lowest BCUT2D eigenvalue weighted by Crippen LogP contribution is -2.22. The van der Waals surface area contributed by atoms with E-state index in [1.54, 1.807) is 0 Å². The molecule has 0 aromatic carbocycles. The second-order valence-corrected chi connectivity index (χ2v) is 4.67. The molecule has 1 aliphatic carbocycles. The molecule has 0 radical (unpaired) electrons. The van der Waals surface area contributed by atoms with E-state index in [0.29, 0.717) is 19.0 Å². The molecule has 1 unspecified atom stereocenters. The topological polar surface area (TPSA) is 64.1 Å². The highest BCUT2D eigenvalue weighted by Crippen LogP contribution is 2.27. The molecule has 16 heavy (non-hydrogen) atoms. The van der Waals surface area contributed by atoms with E-state index in [9.17, 15) is 5.11 Å². The van der Waals surface area contributed by atoms with Gasteiger partial charge in [0.1, 0.15) is 0 Å². The number of hydrogen-bond donors (Lipinski definition) is 2. The van der Waals surface area contributed by atoms with Crippen LogP contribution in [-0.4, -0.2) is 27.5 Å². The number of aliphatic hydroxyl groups is 1. The third-order valence-corrected chi connectivity index (χ3v) is 3.33. The Hall–Kier alpha value is -0.870. The van der Waals surface area contributed by atoms with Crippen LogP contribution in [0.25, 0.3) is 0 Å². The molecular formula is C12H21N3O. The van der Waals surface area contributed by atoms with Gasteiger partial charge in [-0.2, -0.15) is 5.10 Å². The van der Waals surface area contributed by atoms with Crippen molar-refractivity contribution in [3.05, 3.63) is 18.0 Å². The number of hydrogen-bond acceptors (Lipinski definition) is 3. The first-order valence-electron chi connectivity index (χ1n) is 6.22. The summed E-state index contributed by atoms with van der Waals surface area (Å²) in [6.07, 6.45) is 8.59. The van der Waals surface area contributed by atoms with Gasteiger partial charge in [0, 0.05) is 19.2 Å². The molecule has 90 valence electrons. The fourth-order valence-electron chi connectivity index (χ4n) is 2.36. The van der Waals surface area contributed by atoms with E-state index >= 15 is 0 Å². The van der Waals surface area contributed by atoms with Crippen LogP contribution in [0.5, 0.6) is 0 Å². The fraction of sp³-hybridized carbons (Fsp3) is 0.750. The van der Waals surface area contributed by atoms with Crippen LogP contribution in [0.3, 0.4) is 0 Å². The van der Waals surface area contributed by atoms with E-state index in [0.717, 1.165) is 5.69 Å². The van der Waals surface area contributed by atoms with Crippen LogP contribution in [-0.2, 0) is 6.42 Å². The average Bonchev–Trinajstić information content (AvgIpc) is 2.78. The smallest absolute Gasteiger partial charge is 0.0718 e. The molecule has 0 aliphatic heterocycles. The van der Waals surface area contributed by atoms with Crippen molar-refractivity contribution in [2.45, 2.75) is 50.7 Å². The largest absolute Gasteiger partial charge is 0.391 e. The van der Waals surface area contributed by atoms with Gasteiger partial charge in [-0.3, -0.25) is 4.68 Å². The van der Waals surface area contributed by atoms with Gasteiger partial charge in [-0.25, -0.2) is 0 Å². The highest BCUT2D eigenvalue weighted by Gasteiger charge is 2.16. The minimum Gasteiger partial charge on any atom is -0.391 e. The summed E-state index contributed by atoms with van der Waals surface area (Å²) in [5, 5.41) is 14.0. The molecule has 4 nitrogen and oxygen atoms in total. The second-order valence-electron chi connectivity index (χ2n) is 4.67. The van der Waals surface area contributed by atoms with Gasteiger partial charge in [0.25, 0.3) is 0 Å². The lowest BCUT2D eigenvalue weighted by Gasteiger charge is -2.21. The van der Waals surface area contributed by atoms with Crippen LogP contribution in [0.15, 0.2) is 12.3 Å². The fourth-order valence-corrected chi connectivity index (χ4v) is 2.36. The van der Waals surface area contributed by atoms with Crippen molar-refractivity contribution in [1.29, 1.82) is 0 Å². The molecule has 4 heteroatoms. The number of nitrogens with two attached hydrogens (primary N) is 1. The Morgan fingerprint density at radius 1 is 1.44 bits per heavy atom. The summed E-state index contributed by atoms with van der Waals surface area (Å²) in [5.41, 5.74) is 6.33. The summed E-state index contributed by atoms with van der Waals surface area (Å²) in [5.74, 6) is 0. The summed E-state index contributed by atoms with van der Waals surface area (Å²) in [6.45, 7) is 0.302. The Morgan fingerprint density at radius 2 is 2.19 bits per heavy atom. The first-order chi connectivity index (χ1) is 7.79. The predicted octanol–water partition coefficient (Wildman–Crippen LogP) is 1.25. The van der Waals surface area contributed by atoms with E-state index < -0.39 is 6.10 Å². The molecule has 3 N–H and O–H groups in total. The highest BCUT2D eigenvalue weighted by molar-refractivity contribution is 5.01. The number of aromatic nitrogens is 2. The van der Waals surface area contributed by atoms with Crippen LogP contribution in [0, 0.1) is 0 Å². The monoisotopic (exact) mass is 223 g/mol. The van der Waals surface area contributed by atoms with E-state index in [1.807, 2.05) is 12.3 Å². The Kier molecular flexibility index (Phi) is 3.96. The van der Waals surface area contributed by atoms with Crippen molar-refractivity contribution in [2.75, 3.05) is 6.54 Å². The lowest BCUT2D eigenvalue weighted by atomic mass is 9.96. The maximum Gasteiger partial charge on any atom is 0.0718 e. The molecule has 1 heterocycles. The first kappa shape index (κ1) is 11.6. The van der Waals surface area contributed by atoms with Crippen molar-refractivity contribution >= 4 is 0 Å². The molecule has 0 bridgehead atoms. The molecule has 0 amide bonds. The van der Waals surface area contributed by atoms with Crippen molar-refractivity contribution in [3.63, 3.8) is 0 Å². The molecule has 1 atom stereocenters. The van der Waals surface area contributed by atoms with E-state index in [1.165, 1.54) is 32.1 Å². The van der Waals surface area contributed by atoms with Gasteiger partial charge in [-0.05, 0) is 18.9 Å². The number of nitrogens with zero attached hydrogens (tertiary/aromatic N) is 2. The van der Waals surface area contributed by atoms with Crippen molar-refractivity contribution in [1.82, 2.24) is 9.78 Å². The van der Waals surface area contributed by atoms with Crippen LogP contribution in [0.2, 0.25) is 0 Å². The Morgan fingerprint density at radius 3 is 2.88 bits per heavy atom. The molecule has 0 saturated heterocycles. The van der Waals surface area contributed by atoms with Crippen LogP contribution < -0.4 is 5.73 Å². The van der Waals surface area contributed by atoms with Crippen molar-refractivity contribution in [3.8, 4) is 0 Å². The quantitative estimate of drug-likeness (QED) is 0.807. The molecule has 1 aromatic heterocycles. The first-order valence-corrected chi connectivity index (χ1v) is 6.22. The third-order valence-electron chi connectivity index (χ3n) is 3.33. The van der Waals surface area contributed by atoms with E-state index in [-0.39, 0.29) is 0 Å². The van der Waals surface area contributed by atoms with E-state index in [4.69, 9.17) is 5.73 Å².